The van der Waals surface area contributed by atoms with E-state index >= 15 is 0 Å². The van der Waals surface area contributed by atoms with Crippen molar-refractivity contribution in [2.75, 3.05) is 0 Å². The third-order valence-electron chi connectivity index (χ3n) is 3.09. The molecule has 1 aliphatic carbocycles. The van der Waals surface area contributed by atoms with E-state index in [4.69, 9.17) is 11.1 Å². The van der Waals surface area contributed by atoms with Crippen LogP contribution in [0.5, 0.6) is 0 Å². The van der Waals surface area contributed by atoms with Gasteiger partial charge in [-0.3, -0.25) is 5.41 Å². The molecule has 5 heteroatoms. The van der Waals surface area contributed by atoms with Gasteiger partial charge in [0, 0.05) is 23.4 Å². The molecule has 1 saturated carbocycles. The monoisotopic (exact) mass is 241 g/mol. The Morgan fingerprint density at radius 3 is 2.89 bits per heavy atom. The standard InChI is InChI=1S/C13H15N5/c1-8-6-10(13(14)15)7-12(16-8)18-5-4-11(17-18)9-2-3-9/h4-7,9H,2-3H2,1H3,(H3,14,15). The first-order valence-corrected chi connectivity index (χ1v) is 6.02. The van der Waals surface area contributed by atoms with Crippen LogP contribution in [-0.4, -0.2) is 20.6 Å². The van der Waals surface area contributed by atoms with Crippen molar-refractivity contribution >= 4 is 5.84 Å². The molecule has 0 aliphatic heterocycles. The Bertz CT molecular complexity index is 610. The molecule has 1 fully saturated rings. The fourth-order valence-electron chi connectivity index (χ4n) is 1.99. The van der Waals surface area contributed by atoms with Gasteiger partial charge in [0.05, 0.1) is 5.69 Å². The van der Waals surface area contributed by atoms with E-state index in [1.165, 1.54) is 12.8 Å². The van der Waals surface area contributed by atoms with Gasteiger partial charge in [0.1, 0.15) is 5.84 Å². The van der Waals surface area contributed by atoms with Crippen molar-refractivity contribution in [1.29, 1.82) is 5.41 Å². The summed E-state index contributed by atoms with van der Waals surface area (Å²) < 4.78 is 1.76. The topological polar surface area (TPSA) is 80.6 Å². The number of rotatable bonds is 3. The first-order valence-electron chi connectivity index (χ1n) is 6.02. The van der Waals surface area contributed by atoms with Crippen LogP contribution in [0.3, 0.4) is 0 Å². The normalized spacial score (nSPS) is 14.7. The van der Waals surface area contributed by atoms with Crippen LogP contribution in [0.25, 0.3) is 5.82 Å². The third-order valence-corrected chi connectivity index (χ3v) is 3.09. The molecule has 2 aromatic rings. The molecule has 0 atom stereocenters. The number of amidine groups is 1. The number of hydrogen-bond donors (Lipinski definition) is 2. The second-order valence-corrected chi connectivity index (χ2v) is 4.73. The summed E-state index contributed by atoms with van der Waals surface area (Å²) >= 11 is 0. The number of pyridine rings is 1. The van der Waals surface area contributed by atoms with E-state index in [9.17, 15) is 0 Å². The van der Waals surface area contributed by atoms with Crippen molar-refractivity contribution in [3.63, 3.8) is 0 Å². The lowest BCUT2D eigenvalue weighted by Crippen LogP contribution is -2.13. The molecule has 0 amide bonds. The van der Waals surface area contributed by atoms with Crippen molar-refractivity contribution in [3.05, 3.63) is 41.3 Å². The fourth-order valence-corrected chi connectivity index (χ4v) is 1.99. The van der Waals surface area contributed by atoms with E-state index in [1.54, 1.807) is 16.8 Å². The molecule has 3 rings (SSSR count). The maximum Gasteiger partial charge on any atom is 0.154 e. The van der Waals surface area contributed by atoms with Crippen LogP contribution in [0.2, 0.25) is 0 Å². The van der Waals surface area contributed by atoms with Crippen LogP contribution in [0.4, 0.5) is 0 Å². The lowest BCUT2D eigenvalue weighted by Gasteiger charge is -2.05. The van der Waals surface area contributed by atoms with E-state index in [1.807, 2.05) is 19.2 Å². The summed E-state index contributed by atoms with van der Waals surface area (Å²) in [6, 6.07) is 5.63. The van der Waals surface area contributed by atoms with Gasteiger partial charge in [-0.1, -0.05) is 0 Å². The molecule has 0 saturated heterocycles. The number of nitrogens with two attached hydrogens (primary N) is 1. The minimum Gasteiger partial charge on any atom is -0.384 e. The first kappa shape index (κ1) is 11.0. The highest BCUT2D eigenvalue weighted by Gasteiger charge is 2.26. The van der Waals surface area contributed by atoms with Gasteiger partial charge in [0.2, 0.25) is 0 Å². The van der Waals surface area contributed by atoms with Crippen LogP contribution in [0, 0.1) is 12.3 Å². The van der Waals surface area contributed by atoms with Crippen molar-refractivity contribution in [2.24, 2.45) is 5.73 Å². The highest BCUT2D eigenvalue weighted by atomic mass is 15.3. The first-order chi connectivity index (χ1) is 8.63. The third kappa shape index (κ3) is 1.99. The maximum atomic E-state index is 7.49. The summed E-state index contributed by atoms with van der Waals surface area (Å²) in [5.41, 5.74) is 8.16. The Morgan fingerprint density at radius 2 is 2.22 bits per heavy atom. The molecule has 2 heterocycles. The summed E-state index contributed by atoms with van der Waals surface area (Å²) in [5, 5.41) is 12.0. The minimum atomic E-state index is 0.0522. The van der Waals surface area contributed by atoms with Gasteiger partial charge in [-0.25, -0.2) is 9.67 Å². The molecule has 2 aromatic heterocycles. The molecule has 5 nitrogen and oxygen atoms in total. The number of aryl methyl sites for hydroxylation is 1. The number of hydrogen-bond acceptors (Lipinski definition) is 3. The van der Waals surface area contributed by atoms with Crippen molar-refractivity contribution < 1.29 is 0 Å². The van der Waals surface area contributed by atoms with Crippen LogP contribution in [-0.2, 0) is 0 Å². The van der Waals surface area contributed by atoms with Gasteiger partial charge in [0.25, 0.3) is 0 Å². The van der Waals surface area contributed by atoms with Crippen molar-refractivity contribution in [2.45, 2.75) is 25.7 Å². The molecule has 0 unspecified atom stereocenters. The number of nitrogens with one attached hydrogen (secondary N) is 1. The Balaban J connectivity index is 2.01. The Hall–Kier alpha value is -2.17. The second-order valence-electron chi connectivity index (χ2n) is 4.73. The smallest absolute Gasteiger partial charge is 0.154 e. The molecular formula is C13H15N5. The highest BCUT2D eigenvalue weighted by molar-refractivity contribution is 5.95. The van der Waals surface area contributed by atoms with Gasteiger partial charge in [-0.2, -0.15) is 5.10 Å². The van der Waals surface area contributed by atoms with Crippen LogP contribution in [0.1, 0.15) is 35.7 Å². The Labute approximate surface area is 105 Å². The summed E-state index contributed by atoms with van der Waals surface area (Å²) in [6.07, 6.45) is 4.38. The van der Waals surface area contributed by atoms with E-state index < -0.39 is 0 Å². The van der Waals surface area contributed by atoms with E-state index in [2.05, 4.69) is 10.1 Å². The molecule has 0 aromatic carbocycles. The van der Waals surface area contributed by atoms with Crippen LogP contribution < -0.4 is 5.73 Å². The second kappa shape index (κ2) is 3.94. The molecule has 0 bridgehead atoms. The number of nitrogen functional groups attached to an aromatic ring is 1. The van der Waals surface area contributed by atoms with Gasteiger partial charge >= 0.3 is 0 Å². The zero-order valence-electron chi connectivity index (χ0n) is 10.2. The largest absolute Gasteiger partial charge is 0.384 e. The van der Waals surface area contributed by atoms with Crippen LogP contribution in [0.15, 0.2) is 24.4 Å². The lowest BCUT2D eigenvalue weighted by molar-refractivity contribution is 0.808. The molecular weight excluding hydrogens is 226 g/mol. The predicted molar refractivity (Wildman–Crippen MR) is 69.1 cm³/mol. The number of nitrogens with zero attached hydrogens (tertiary/aromatic N) is 3. The van der Waals surface area contributed by atoms with Gasteiger partial charge in [0.15, 0.2) is 5.82 Å². The van der Waals surface area contributed by atoms with E-state index in [0.717, 1.165) is 11.4 Å². The molecule has 18 heavy (non-hydrogen) atoms. The average Bonchev–Trinajstić information content (AvgIpc) is 3.06. The summed E-state index contributed by atoms with van der Waals surface area (Å²) in [7, 11) is 0. The SMILES string of the molecule is Cc1cc(C(=N)N)cc(-n2ccc(C3CC3)n2)n1. The molecule has 0 radical (unpaired) electrons. The zero-order chi connectivity index (χ0) is 12.7. The average molecular weight is 241 g/mol. The summed E-state index contributed by atoms with van der Waals surface area (Å²) in [4.78, 5) is 4.43. The zero-order valence-corrected chi connectivity index (χ0v) is 10.2. The van der Waals surface area contributed by atoms with Gasteiger partial charge in [-0.15, -0.1) is 0 Å². The quantitative estimate of drug-likeness (QED) is 0.634. The minimum absolute atomic E-state index is 0.0522. The van der Waals surface area contributed by atoms with E-state index in [0.29, 0.717) is 17.3 Å². The maximum absolute atomic E-state index is 7.49. The van der Waals surface area contributed by atoms with Crippen molar-refractivity contribution in [1.82, 2.24) is 14.8 Å². The highest BCUT2D eigenvalue weighted by Crippen LogP contribution is 2.38. The van der Waals surface area contributed by atoms with Gasteiger partial charge in [-0.05, 0) is 38.0 Å². The predicted octanol–water partition coefficient (Wildman–Crippen LogP) is 1.74. The number of aromatic nitrogens is 3. The van der Waals surface area contributed by atoms with Crippen molar-refractivity contribution in [3.8, 4) is 5.82 Å². The lowest BCUT2D eigenvalue weighted by atomic mass is 10.2. The summed E-state index contributed by atoms with van der Waals surface area (Å²) in [5.74, 6) is 1.40. The van der Waals surface area contributed by atoms with Gasteiger partial charge < -0.3 is 5.73 Å². The molecule has 3 N–H and O–H groups in total. The van der Waals surface area contributed by atoms with Crippen LogP contribution >= 0.6 is 0 Å². The van der Waals surface area contributed by atoms with E-state index in [-0.39, 0.29) is 5.84 Å². The summed E-state index contributed by atoms with van der Waals surface area (Å²) in [6.45, 7) is 1.89. The fraction of sp³-hybridized carbons (Fsp3) is 0.308. The Morgan fingerprint density at radius 1 is 1.44 bits per heavy atom. The molecule has 1 aliphatic rings. The molecule has 0 spiro atoms. The Kier molecular flexibility index (Phi) is 2.40. The molecule has 92 valence electrons.